The predicted molar refractivity (Wildman–Crippen MR) is 49.7 cm³/mol. The molecule has 0 unspecified atom stereocenters. The molecule has 3 heteroatoms. The number of hydrogen-bond donors (Lipinski definition) is 1. The van der Waals surface area contributed by atoms with E-state index in [1.165, 1.54) is 5.69 Å². The van der Waals surface area contributed by atoms with Crippen LogP contribution in [0, 0.1) is 0 Å². The summed E-state index contributed by atoms with van der Waals surface area (Å²) in [6.45, 7) is 1.75. The maximum absolute atomic E-state index is 8.90. The van der Waals surface area contributed by atoms with Crippen molar-refractivity contribution in [3.8, 4) is 0 Å². The number of rotatable bonds is 2. The molecule has 0 saturated carbocycles. The Labute approximate surface area is 77.9 Å². The Balaban J connectivity index is 2.20. The standard InChI is InChI=1S/C10H15NO2/c12-6-3-10-8-13-7-4-9-2-1-5-11(9)10/h1-2,5,10,12H,3-4,6-8H2/t10-/m0/s1. The van der Waals surface area contributed by atoms with Gasteiger partial charge in [-0.25, -0.2) is 0 Å². The molecular weight excluding hydrogens is 166 g/mol. The van der Waals surface area contributed by atoms with Crippen LogP contribution >= 0.6 is 0 Å². The molecule has 1 N–H and O–H groups in total. The van der Waals surface area contributed by atoms with Crippen molar-refractivity contribution in [3.63, 3.8) is 0 Å². The zero-order chi connectivity index (χ0) is 9.10. The molecule has 0 aliphatic carbocycles. The van der Waals surface area contributed by atoms with Crippen molar-refractivity contribution in [1.29, 1.82) is 0 Å². The lowest BCUT2D eigenvalue weighted by atomic mass is 10.2. The van der Waals surface area contributed by atoms with Gasteiger partial charge >= 0.3 is 0 Å². The van der Waals surface area contributed by atoms with Crippen LogP contribution in [0.15, 0.2) is 18.3 Å². The number of aliphatic hydroxyl groups is 1. The molecule has 1 aliphatic rings. The fourth-order valence-corrected chi connectivity index (χ4v) is 1.85. The van der Waals surface area contributed by atoms with Gasteiger partial charge in [-0.2, -0.15) is 0 Å². The molecule has 3 nitrogen and oxygen atoms in total. The van der Waals surface area contributed by atoms with Crippen LogP contribution in [0.5, 0.6) is 0 Å². The topological polar surface area (TPSA) is 34.4 Å². The normalized spacial score (nSPS) is 22.4. The fourth-order valence-electron chi connectivity index (χ4n) is 1.85. The molecule has 0 spiro atoms. The molecule has 0 bridgehead atoms. The first kappa shape index (κ1) is 8.78. The molecule has 13 heavy (non-hydrogen) atoms. The smallest absolute Gasteiger partial charge is 0.0674 e. The van der Waals surface area contributed by atoms with E-state index < -0.39 is 0 Å². The Morgan fingerprint density at radius 2 is 2.54 bits per heavy atom. The van der Waals surface area contributed by atoms with Crippen LogP contribution in [-0.4, -0.2) is 29.5 Å². The summed E-state index contributed by atoms with van der Waals surface area (Å²) in [6.07, 6.45) is 3.83. The highest BCUT2D eigenvalue weighted by atomic mass is 16.5. The van der Waals surface area contributed by atoms with Gasteiger partial charge in [0.1, 0.15) is 0 Å². The van der Waals surface area contributed by atoms with Crippen LogP contribution in [-0.2, 0) is 11.2 Å². The van der Waals surface area contributed by atoms with Gasteiger partial charge in [0.15, 0.2) is 0 Å². The third-order valence-electron chi connectivity index (χ3n) is 2.54. The van der Waals surface area contributed by atoms with E-state index in [9.17, 15) is 0 Å². The van der Waals surface area contributed by atoms with Crippen LogP contribution in [0.1, 0.15) is 18.2 Å². The summed E-state index contributed by atoms with van der Waals surface area (Å²) in [7, 11) is 0. The minimum Gasteiger partial charge on any atom is -0.396 e. The number of hydrogen-bond acceptors (Lipinski definition) is 2. The molecule has 0 aromatic carbocycles. The van der Waals surface area contributed by atoms with Crippen LogP contribution < -0.4 is 0 Å². The SMILES string of the molecule is OCC[C@H]1COCCc2cccn21. The lowest BCUT2D eigenvalue weighted by Crippen LogP contribution is -2.14. The molecule has 0 amide bonds. The lowest BCUT2D eigenvalue weighted by molar-refractivity contribution is 0.107. The van der Waals surface area contributed by atoms with Crippen molar-refractivity contribution in [2.24, 2.45) is 0 Å². The van der Waals surface area contributed by atoms with Crippen molar-refractivity contribution < 1.29 is 9.84 Å². The molecule has 1 atom stereocenters. The van der Waals surface area contributed by atoms with Crippen LogP contribution in [0.4, 0.5) is 0 Å². The molecular formula is C10H15NO2. The first-order valence-corrected chi connectivity index (χ1v) is 4.76. The van der Waals surface area contributed by atoms with Crippen molar-refractivity contribution >= 4 is 0 Å². The maximum Gasteiger partial charge on any atom is 0.0674 e. The minimum atomic E-state index is 0.228. The number of fused-ring (bicyclic) bond motifs is 1. The van der Waals surface area contributed by atoms with Crippen molar-refractivity contribution in [1.82, 2.24) is 4.57 Å². The van der Waals surface area contributed by atoms with Gasteiger partial charge < -0.3 is 14.4 Å². The third-order valence-corrected chi connectivity index (χ3v) is 2.54. The van der Waals surface area contributed by atoms with Crippen molar-refractivity contribution in [2.45, 2.75) is 18.9 Å². The second-order valence-electron chi connectivity index (χ2n) is 3.40. The van der Waals surface area contributed by atoms with Gasteiger partial charge in [-0.05, 0) is 18.6 Å². The summed E-state index contributed by atoms with van der Waals surface area (Å²) < 4.78 is 7.69. The molecule has 72 valence electrons. The fraction of sp³-hybridized carbons (Fsp3) is 0.600. The number of aromatic nitrogens is 1. The van der Waals surface area contributed by atoms with E-state index in [0.29, 0.717) is 6.04 Å². The molecule has 0 radical (unpaired) electrons. The van der Waals surface area contributed by atoms with Gasteiger partial charge in [-0.3, -0.25) is 0 Å². The van der Waals surface area contributed by atoms with Crippen molar-refractivity contribution in [2.75, 3.05) is 19.8 Å². The third kappa shape index (κ3) is 1.76. The van der Waals surface area contributed by atoms with E-state index in [1.54, 1.807) is 0 Å². The predicted octanol–water partition coefficient (Wildman–Crippen LogP) is 0.984. The van der Waals surface area contributed by atoms with Gasteiger partial charge in [0.25, 0.3) is 0 Å². The van der Waals surface area contributed by atoms with E-state index in [2.05, 4.69) is 22.9 Å². The molecule has 0 fully saturated rings. The quantitative estimate of drug-likeness (QED) is 0.738. The van der Waals surface area contributed by atoms with E-state index in [1.807, 2.05) is 0 Å². The van der Waals surface area contributed by atoms with Gasteiger partial charge in [-0.15, -0.1) is 0 Å². The Kier molecular flexibility index (Phi) is 2.66. The molecule has 1 aliphatic heterocycles. The molecule has 1 aromatic rings. The van der Waals surface area contributed by atoms with Crippen LogP contribution in [0.2, 0.25) is 0 Å². The summed E-state index contributed by atoms with van der Waals surface area (Å²) in [4.78, 5) is 0. The van der Waals surface area contributed by atoms with Gasteiger partial charge in [0.05, 0.1) is 19.3 Å². The number of nitrogens with zero attached hydrogens (tertiary/aromatic N) is 1. The average molecular weight is 181 g/mol. The highest BCUT2D eigenvalue weighted by Gasteiger charge is 2.16. The molecule has 1 aromatic heterocycles. The maximum atomic E-state index is 8.90. The van der Waals surface area contributed by atoms with E-state index >= 15 is 0 Å². The summed E-state index contributed by atoms with van der Waals surface area (Å²) in [6, 6.07) is 4.50. The Hall–Kier alpha value is -0.800. The largest absolute Gasteiger partial charge is 0.396 e. The summed E-state index contributed by atoms with van der Waals surface area (Å²) in [5.74, 6) is 0. The zero-order valence-electron chi connectivity index (χ0n) is 7.65. The van der Waals surface area contributed by atoms with Crippen LogP contribution in [0.25, 0.3) is 0 Å². The first-order chi connectivity index (χ1) is 6.42. The van der Waals surface area contributed by atoms with Crippen molar-refractivity contribution in [3.05, 3.63) is 24.0 Å². The Bertz CT molecular complexity index is 270. The molecule has 2 heterocycles. The number of aliphatic hydroxyl groups excluding tert-OH is 1. The monoisotopic (exact) mass is 181 g/mol. The average Bonchev–Trinajstić information content (AvgIpc) is 2.52. The highest BCUT2D eigenvalue weighted by Crippen LogP contribution is 2.19. The van der Waals surface area contributed by atoms with Gasteiger partial charge in [-0.1, -0.05) is 0 Å². The summed E-state index contributed by atoms with van der Waals surface area (Å²) in [5, 5.41) is 8.90. The molecule has 0 saturated heterocycles. The van der Waals surface area contributed by atoms with Gasteiger partial charge in [0.2, 0.25) is 0 Å². The lowest BCUT2D eigenvalue weighted by Gasteiger charge is -2.16. The second-order valence-corrected chi connectivity index (χ2v) is 3.40. The number of ether oxygens (including phenoxy) is 1. The van der Waals surface area contributed by atoms with Crippen LogP contribution in [0.3, 0.4) is 0 Å². The highest BCUT2D eigenvalue weighted by molar-refractivity contribution is 5.09. The minimum absolute atomic E-state index is 0.228. The first-order valence-electron chi connectivity index (χ1n) is 4.76. The van der Waals surface area contributed by atoms with E-state index in [-0.39, 0.29) is 6.61 Å². The van der Waals surface area contributed by atoms with E-state index in [0.717, 1.165) is 26.1 Å². The molecule has 2 rings (SSSR count). The summed E-state index contributed by atoms with van der Waals surface area (Å²) >= 11 is 0. The van der Waals surface area contributed by atoms with Gasteiger partial charge in [0, 0.05) is 24.9 Å². The Morgan fingerprint density at radius 1 is 1.62 bits per heavy atom. The van der Waals surface area contributed by atoms with E-state index in [4.69, 9.17) is 9.84 Å². The second kappa shape index (κ2) is 3.94. The summed E-state index contributed by atoms with van der Waals surface area (Å²) in [5.41, 5.74) is 1.32. The zero-order valence-corrected chi connectivity index (χ0v) is 7.65. The Morgan fingerprint density at radius 3 is 3.38 bits per heavy atom.